The van der Waals surface area contributed by atoms with E-state index in [2.05, 4.69) is 10.2 Å². The van der Waals surface area contributed by atoms with E-state index >= 15 is 0 Å². The summed E-state index contributed by atoms with van der Waals surface area (Å²) in [6, 6.07) is 8.93. The number of benzene rings is 1. The summed E-state index contributed by atoms with van der Waals surface area (Å²) in [5.41, 5.74) is 0.847. The van der Waals surface area contributed by atoms with Crippen molar-refractivity contribution in [2.45, 2.75) is 19.9 Å². The van der Waals surface area contributed by atoms with E-state index in [9.17, 15) is 9.59 Å². The Bertz CT molecular complexity index is 637. The van der Waals surface area contributed by atoms with Crippen LogP contribution in [-0.2, 0) is 4.79 Å². The zero-order valence-corrected chi connectivity index (χ0v) is 11.8. The third-order valence-electron chi connectivity index (χ3n) is 2.89. The molecule has 0 fully saturated rings. The minimum absolute atomic E-state index is 0.119. The molecule has 0 spiro atoms. The van der Waals surface area contributed by atoms with Crippen LogP contribution < -0.4 is 0 Å². The molecule has 1 amide bonds. The highest BCUT2D eigenvalue weighted by Crippen LogP contribution is 2.08. The van der Waals surface area contributed by atoms with Crippen molar-refractivity contribution in [3.8, 4) is 5.69 Å². The average Bonchev–Trinajstić information content (AvgIpc) is 2.94. The van der Waals surface area contributed by atoms with Gasteiger partial charge in [0, 0.05) is 6.04 Å². The van der Waals surface area contributed by atoms with Gasteiger partial charge in [0.1, 0.15) is 6.54 Å². The number of carbonyl (C=O) groups is 2. The number of nitrogens with zero attached hydrogens (tertiary/aromatic N) is 4. The number of aromatic nitrogens is 3. The number of amides is 1. The Kier molecular flexibility index (Phi) is 4.32. The van der Waals surface area contributed by atoms with Crippen molar-refractivity contribution in [3.05, 3.63) is 42.2 Å². The summed E-state index contributed by atoms with van der Waals surface area (Å²) >= 11 is 0. The smallest absolute Gasteiger partial charge is 0.323 e. The van der Waals surface area contributed by atoms with Crippen LogP contribution in [0.4, 0.5) is 0 Å². The highest BCUT2D eigenvalue weighted by molar-refractivity contribution is 5.94. The molecule has 1 aromatic carbocycles. The Labute approximate surface area is 121 Å². The first-order valence-electron chi connectivity index (χ1n) is 6.49. The maximum atomic E-state index is 12.3. The molecule has 0 aliphatic carbocycles. The number of aliphatic carboxylic acids is 1. The van der Waals surface area contributed by atoms with Crippen LogP contribution in [0.1, 0.15) is 24.3 Å². The van der Waals surface area contributed by atoms with E-state index in [1.165, 1.54) is 15.9 Å². The molecule has 0 saturated heterocycles. The number of rotatable bonds is 5. The van der Waals surface area contributed by atoms with Gasteiger partial charge in [-0.25, -0.2) is 0 Å². The van der Waals surface area contributed by atoms with Crippen LogP contribution in [0.25, 0.3) is 5.69 Å². The molecule has 1 aromatic heterocycles. The lowest BCUT2D eigenvalue weighted by atomic mass is 10.3. The van der Waals surface area contributed by atoms with Gasteiger partial charge in [0.2, 0.25) is 0 Å². The number of hydrogen-bond acceptors (Lipinski definition) is 4. The second kappa shape index (κ2) is 6.17. The van der Waals surface area contributed by atoms with E-state index in [0.717, 1.165) is 5.69 Å². The standard InChI is InChI=1S/C14H16N4O3/c1-10(2)17(9-13(19)20)14(21)12-8-15-18(16-12)11-6-4-3-5-7-11/h3-8,10H,9H2,1-2H3,(H,19,20). The number of carboxylic acid groups (broad SMARTS) is 1. The Morgan fingerprint density at radius 3 is 2.52 bits per heavy atom. The minimum Gasteiger partial charge on any atom is -0.480 e. The van der Waals surface area contributed by atoms with Crippen LogP contribution in [-0.4, -0.2) is 49.5 Å². The molecule has 1 heterocycles. The summed E-state index contributed by atoms with van der Waals surface area (Å²) in [6.45, 7) is 3.14. The molecule has 110 valence electrons. The molecule has 7 heteroatoms. The maximum Gasteiger partial charge on any atom is 0.323 e. The Hall–Kier alpha value is -2.70. The quantitative estimate of drug-likeness (QED) is 0.893. The largest absolute Gasteiger partial charge is 0.480 e. The first-order valence-corrected chi connectivity index (χ1v) is 6.49. The lowest BCUT2D eigenvalue weighted by Gasteiger charge is -2.23. The summed E-state index contributed by atoms with van der Waals surface area (Å²) in [5, 5.41) is 17.0. The highest BCUT2D eigenvalue weighted by atomic mass is 16.4. The van der Waals surface area contributed by atoms with Crippen molar-refractivity contribution in [2.24, 2.45) is 0 Å². The normalized spacial score (nSPS) is 10.6. The fraction of sp³-hybridized carbons (Fsp3) is 0.286. The molecule has 7 nitrogen and oxygen atoms in total. The number of carboxylic acids is 1. The lowest BCUT2D eigenvalue weighted by molar-refractivity contribution is -0.138. The second-order valence-corrected chi connectivity index (χ2v) is 4.78. The summed E-state index contributed by atoms with van der Waals surface area (Å²) in [5.74, 6) is -1.51. The van der Waals surface area contributed by atoms with Gasteiger partial charge in [-0.05, 0) is 26.0 Å². The van der Waals surface area contributed by atoms with Crippen molar-refractivity contribution >= 4 is 11.9 Å². The zero-order chi connectivity index (χ0) is 15.4. The van der Waals surface area contributed by atoms with E-state index in [1.54, 1.807) is 13.8 Å². The topological polar surface area (TPSA) is 88.3 Å². The van der Waals surface area contributed by atoms with Gasteiger partial charge in [0.15, 0.2) is 5.69 Å². The number of carbonyl (C=O) groups excluding carboxylic acids is 1. The molecule has 0 aliphatic rings. The Morgan fingerprint density at radius 2 is 1.95 bits per heavy atom. The van der Waals surface area contributed by atoms with Crippen LogP contribution in [0.2, 0.25) is 0 Å². The summed E-state index contributed by atoms with van der Waals surface area (Å²) in [4.78, 5) is 25.7. The third kappa shape index (κ3) is 3.44. The van der Waals surface area contributed by atoms with E-state index in [1.807, 2.05) is 30.3 Å². The summed E-state index contributed by atoms with van der Waals surface area (Å²) in [7, 11) is 0. The van der Waals surface area contributed by atoms with Crippen LogP contribution in [0, 0.1) is 0 Å². The van der Waals surface area contributed by atoms with Crippen molar-refractivity contribution in [3.63, 3.8) is 0 Å². The Balaban J connectivity index is 2.23. The van der Waals surface area contributed by atoms with E-state index < -0.39 is 11.9 Å². The molecule has 0 bridgehead atoms. The van der Waals surface area contributed by atoms with Crippen LogP contribution in [0.15, 0.2) is 36.5 Å². The predicted octanol–water partition coefficient (Wildman–Crippen LogP) is 1.20. The lowest BCUT2D eigenvalue weighted by Crippen LogP contribution is -2.40. The molecule has 0 atom stereocenters. The van der Waals surface area contributed by atoms with E-state index in [4.69, 9.17) is 5.11 Å². The SMILES string of the molecule is CC(C)N(CC(=O)O)C(=O)c1cnn(-c2ccccc2)n1. The molecule has 2 aromatic rings. The van der Waals surface area contributed by atoms with Gasteiger partial charge in [0.05, 0.1) is 11.9 Å². The molecule has 21 heavy (non-hydrogen) atoms. The fourth-order valence-corrected chi connectivity index (χ4v) is 1.83. The van der Waals surface area contributed by atoms with Crippen molar-refractivity contribution in [1.29, 1.82) is 0 Å². The number of para-hydroxylation sites is 1. The van der Waals surface area contributed by atoms with Crippen molar-refractivity contribution in [1.82, 2.24) is 19.9 Å². The van der Waals surface area contributed by atoms with Gasteiger partial charge < -0.3 is 10.0 Å². The molecule has 0 aliphatic heterocycles. The second-order valence-electron chi connectivity index (χ2n) is 4.78. The van der Waals surface area contributed by atoms with Crippen molar-refractivity contribution < 1.29 is 14.7 Å². The summed E-state index contributed by atoms with van der Waals surface area (Å²) < 4.78 is 0. The van der Waals surface area contributed by atoms with E-state index in [-0.39, 0.29) is 18.3 Å². The monoisotopic (exact) mass is 288 g/mol. The molecule has 2 rings (SSSR count). The molecular weight excluding hydrogens is 272 g/mol. The maximum absolute atomic E-state index is 12.3. The van der Waals surface area contributed by atoms with Crippen molar-refractivity contribution in [2.75, 3.05) is 6.54 Å². The minimum atomic E-state index is -1.06. The molecular formula is C14H16N4O3. The zero-order valence-electron chi connectivity index (χ0n) is 11.8. The number of hydrogen-bond donors (Lipinski definition) is 1. The van der Waals surface area contributed by atoms with E-state index in [0.29, 0.717) is 0 Å². The van der Waals surface area contributed by atoms with Crippen LogP contribution >= 0.6 is 0 Å². The van der Waals surface area contributed by atoms with Gasteiger partial charge in [0.25, 0.3) is 5.91 Å². The van der Waals surface area contributed by atoms with Crippen LogP contribution in [0.5, 0.6) is 0 Å². The first-order chi connectivity index (χ1) is 9.99. The highest BCUT2D eigenvalue weighted by Gasteiger charge is 2.23. The molecule has 0 radical (unpaired) electrons. The van der Waals surface area contributed by atoms with Gasteiger partial charge in [-0.2, -0.15) is 9.90 Å². The molecule has 1 N–H and O–H groups in total. The van der Waals surface area contributed by atoms with Gasteiger partial charge >= 0.3 is 5.97 Å². The van der Waals surface area contributed by atoms with Gasteiger partial charge in [-0.15, -0.1) is 5.10 Å². The predicted molar refractivity (Wildman–Crippen MR) is 75.2 cm³/mol. The molecule has 0 saturated carbocycles. The van der Waals surface area contributed by atoms with Gasteiger partial charge in [-0.1, -0.05) is 18.2 Å². The fourth-order valence-electron chi connectivity index (χ4n) is 1.83. The average molecular weight is 288 g/mol. The summed E-state index contributed by atoms with van der Waals surface area (Å²) in [6.07, 6.45) is 1.34. The molecule has 0 unspecified atom stereocenters. The first kappa shape index (κ1) is 14.7. The third-order valence-corrected chi connectivity index (χ3v) is 2.89. The van der Waals surface area contributed by atoms with Gasteiger partial charge in [-0.3, -0.25) is 9.59 Å². The van der Waals surface area contributed by atoms with Crippen LogP contribution in [0.3, 0.4) is 0 Å². The Morgan fingerprint density at radius 1 is 1.29 bits per heavy atom.